The summed E-state index contributed by atoms with van der Waals surface area (Å²) in [6.07, 6.45) is 3.44. The van der Waals surface area contributed by atoms with E-state index in [1.807, 2.05) is 0 Å². The van der Waals surface area contributed by atoms with E-state index in [0.29, 0.717) is 19.4 Å². The zero-order valence-corrected chi connectivity index (χ0v) is 6.17. The number of nitrogens with zero attached hydrogens (tertiary/aromatic N) is 1. The van der Waals surface area contributed by atoms with Crippen LogP contribution in [-0.2, 0) is 9.59 Å². The van der Waals surface area contributed by atoms with Gasteiger partial charge in [-0.2, -0.15) is 0 Å². The van der Waals surface area contributed by atoms with E-state index in [0.717, 1.165) is 12.1 Å². The molecule has 3 nitrogen and oxygen atoms in total. The zero-order valence-electron chi connectivity index (χ0n) is 6.17. The number of ketones is 1. The largest absolute Gasteiger partial charge is 0.316 e. The Morgan fingerprint density at radius 3 is 2.82 bits per heavy atom. The van der Waals surface area contributed by atoms with Crippen LogP contribution in [0.1, 0.15) is 19.3 Å². The maximum atomic E-state index is 11.1. The fourth-order valence-electron chi connectivity index (χ4n) is 1.56. The number of carbonyl (C=O) groups is 2. The van der Waals surface area contributed by atoms with Gasteiger partial charge in [0.2, 0.25) is 5.91 Å². The second kappa shape index (κ2) is 2.19. The molecule has 2 rings (SSSR count). The van der Waals surface area contributed by atoms with Gasteiger partial charge in [0.05, 0.1) is 0 Å². The summed E-state index contributed by atoms with van der Waals surface area (Å²) in [7, 11) is 0. The van der Waals surface area contributed by atoms with Crippen LogP contribution in [0.15, 0.2) is 11.8 Å². The lowest BCUT2D eigenvalue weighted by molar-refractivity contribution is -0.127. The first-order valence-corrected chi connectivity index (χ1v) is 3.81. The van der Waals surface area contributed by atoms with Crippen LogP contribution in [0, 0.1) is 0 Å². The Hall–Kier alpha value is -1.12. The Morgan fingerprint density at radius 1 is 1.18 bits per heavy atom. The van der Waals surface area contributed by atoms with E-state index in [1.165, 1.54) is 0 Å². The summed E-state index contributed by atoms with van der Waals surface area (Å²) in [6, 6.07) is 0. The van der Waals surface area contributed by atoms with Crippen LogP contribution in [0.4, 0.5) is 0 Å². The number of fused-ring (bicyclic) bond motifs is 1. The van der Waals surface area contributed by atoms with Crippen LogP contribution >= 0.6 is 0 Å². The van der Waals surface area contributed by atoms with Crippen LogP contribution in [0.3, 0.4) is 0 Å². The summed E-state index contributed by atoms with van der Waals surface area (Å²) in [5, 5.41) is 0. The highest BCUT2D eigenvalue weighted by Crippen LogP contribution is 2.25. The van der Waals surface area contributed by atoms with Crippen molar-refractivity contribution in [3.8, 4) is 0 Å². The molecule has 0 bridgehead atoms. The van der Waals surface area contributed by atoms with Gasteiger partial charge in [0.1, 0.15) is 0 Å². The predicted octanol–water partition coefficient (Wildman–Crippen LogP) is 0.465. The van der Waals surface area contributed by atoms with E-state index in [1.54, 1.807) is 11.0 Å². The monoisotopic (exact) mass is 151 g/mol. The topological polar surface area (TPSA) is 37.4 Å². The highest BCUT2D eigenvalue weighted by atomic mass is 16.2. The zero-order chi connectivity index (χ0) is 7.84. The predicted molar refractivity (Wildman–Crippen MR) is 38.7 cm³/mol. The van der Waals surface area contributed by atoms with E-state index in [-0.39, 0.29) is 11.7 Å². The van der Waals surface area contributed by atoms with E-state index >= 15 is 0 Å². The molecule has 1 saturated heterocycles. The van der Waals surface area contributed by atoms with E-state index in [9.17, 15) is 9.59 Å². The fraction of sp³-hybridized carbons (Fsp3) is 0.500. The third-order valence-corrected chi connectivity index (χ3v) is 2.15. The number of hydrogen-bond acceptors (Lipinski definition) is 2. The molecule has 1 amide bonds. The molecule has 0 aromatic carbocycles. The molecule has 2 aliphatic heterocycles. The van der Waals surface area contributed by atoms with Crippen LogP contribution < -0.4 is 0 Å². The SMILES string of the molecule is O=C1C=C2CCC(=O)N2CC1. The molecule has 0 unspecified atom stereocenters. The first-order valence-electron chi connectivity index (χ1n) is 3.81. The average Bonchev–Trinajstić information content (AvgIpc) is 2.32. The number of amides is 1. The van der Waals surface area contributed by atoms with Crippen molar-refractivity contribution in [2.24, 2.45) is 0 Å². The third-order valence-electron chi connectivity index (χ3n) is 2.15. The van der Waals surface area contributed by atoms with Gasteiger partial charge in [-0.3, -0.25) is 9.59 Å². The van der Waals surface area contributed by atoms with Crippen LogP contribution in [0.5, 0.6) is 0 Å². The molecular formula is C8H9NO2. The fourth-order valence-corrected chi connectivity index (χ4v) is 1.56. The van der Waals surface area contributed by atoms with Gasteiger partial charge in [0.15, 0.2) is 5.78 Å². The smallest absolute Gasteiger partial charge is 0.227 e. The van der Waals surface area contributed by atoms with Crippen molar-refractivity contribution in [3.05, 3.63) is 11.8 Å². The summed E-state index contributed by atoms with van der Waals surface area (Å²) in [4.78, 5) is 23.7. The second-order valence-corrected chi connectivity index (χ2v) is 2.90. The van der Waals surface area contributed by atoms with Crippen molar-refractivity contribution in [2.45, 2.75) is 19.3 Å². The molecule has 0 aromatic rings. The van der Waals surface area contributed by atoms with Gasteiger partial charge in [-0.1, -0.05) is 0 Å². The summed E-state index contributed by atoms with van der Waals surface area (Å²) >= 11 is 0. The summed E-state index contributed by atoms with van der Waals surface area (Å²) in [5.41, 5.74) is 0.922. The van der Waals surface area contributed by atoms with Crippen LogP contribution in [0.2, 0.25) is 0 Å². The molecule has 11 heavy (non-hydrogen) atoms. The third kappa shape index (κ3) is 0.964. The highest BCUT2D eigenvalue weighted by Gasteiger charge is 2.28. The Morgan fingerprint density at radius 2 is 2.00 bits per heavy atom. The van der Waals surface area contributed by atoms with Gasteiger partial charge in [0, 0.05) is 31.2 Å². The van der Waals surface area contributed by atoms with Crippen LogP contribution in [0.25, 0.3) is 0 Å². The molecule has 2 heterocycles. The summed E-state index contributed by atoms with van der Waals surface area (Å²) < 4.78 is 0. The van der Waals surface area contributed by atoms with E-state index < -0.39 is 0 Å². The van der Waals surface area contributed by atoms with Crippen molar-refractivity contribution in [2.75, 3.05) is 6.54 Å². The van der Waals surface area contributed by atoms with Crippen molar-refractivity contribution in [1.29, 1.82) is 0 Å². The normalized spacial score (nSPS) is 23.6. The van der Waals surface area contributed by atoms with Crippen LogP contribution in [-0.4, -0.2) is 23.1 Å². The minimum absolute atomic E-state index is 0.158. The van der Waals surface area contributed by atoms with Gasteiger partial charge in [-0.15, -0.1) is 0 Å². The van der Waals surface area contributed by atoms with Gasteiger partial charge < -0.3 is 4.90 Å². The summed E-state index contributed by atoms with van der Waals surface area (Å²) in [6.45, 7) is 0.601. The molecule has 0 saturated carbocycles. The Balaban J connectivity index is 2.31. The molecule has 1 fully saturated rings. The standard InChI is InChI=1S/C8H9NO2/c10-7-3-4-9-6(5-7)1-2-8(9)11/h5H,1-4H2. The van der Waals surface area contributed by atoms with Gasteiger partial charge >= 0.3 is 0 Å². The number of hydrogen-bond donors (Lipinski definition) is 0. The first kappa shape index (κ1) is 6.58. The Kier molecular flexibility index (Phi) is 1.31. The van der Waals surface area contributed by atoms with Gasteiger partial charge in [0.25, 0.3) is 0 Å². The number of carbonyl (C=O) groups excluding carboxylic acids is 2. The highest BCUT2D eigenvalue weighted by molar-refractivity contribution is 5.94. The molecule has 58 valence electrons. The maximum Gasteiger partial charge on any atom is 0.227 e. The van der Waals surface area contributed by atoms with Crippen molar-refractivity contribution in [1.82, 2.24) is 4.90 Å². The molecule has 3 heteroatoms. The maximum absolute atomic E-state index is 11.1. The minimum Gasteiger partial charge on any atom is -0.316 e. The van der Waals surface area contributed by atoms with E-state index in [2.05, 4.69) is 0 Å². The molecule has 0 radical (unpaired) electrons. The van der Waals surface area contributed by atoms with Crippen molar-refractivity contribution >= 4 is 11.7 Å². The molecule has 0 spiro atoms. The first-order chi connectivity index (χ1) is 5.27. The second-order valence-electron chi connectivity index (χ2n) is 2.90. The van der Waals surface area contributed by atoms with Gasteiger partial charge in [-0.25, -0.2) is 0 Å². The van der Waals surface area contributed by atoms with Gasteiger partial charge in [-0.05, 0) is 6.42 Å². The molecule has 0 atom stereocenters. The number of rotatable bonds is 0. The van der Waals surface area contributed by atoms with E-state index in [4.69, 9.17) is 0 Å². The van der Waals surface area contributed by atoms with Crippen molar-refractivity contribution < 1.29 is 9.59 Å². The molecule has 0 aromatic heterocycles. The lowest BCUT2D eigenvalue weighted by Gasteiger charge is -2.20. The Labute approximate surface area is 64.7 Å². The molecule has 0 aliphatic carbocycles. The lowest BCUT2D eigenvalue weighted by atomic mass is 10.1. The minimum atomic E-state index is 0.158. The average molecular weight is 151 g/mol. The lowest BCUT2D eigenvalue weighted by Crippen LogP contribution is -2.29. The molecule has 0 N–H and O–H groups in total. The molecular weight excluding hydrogens is 142 g/mol. The van der Waals surface area contributed by atoms with Crippen molar-refractivity contribution in [3.63, 3.8) is 0 Å². The molecule has 2 aliphatic rings. The quantitative estimate of drug-likeness (QED) is 0.504. The number of allylic oxidation sites excluding steroid dienone is 2. The summed E-state index contributed by atoms with van der Waals surface area (Å²) in [5.74, 6) is 0.328. The Bertz CT molecular complexity index is 255.